The first-order chi connectivity index (χ1) is 7.45. The summed E-state index contributed by atoms with van der Waals surface area (Å²) in [6.45, 7) is 0. The largest absolute Gasteiger partial charge is 0.480 e. The van der Waals surface area contributed by atoms with E-state index in [0.29, 0.717) is 24.3 Å². The second-order valence-corrected chi connectivity index (χ2v) is 5.81. The summed E-state index contributed by atoms with van der Waals surface area (Å²) in [6, 6.07) is -1.65. The molecule has 0 aromatic heterocycles. The van der Waals surface area contributed by atoms with E-state index in [1.165, 1.54) is 21.6 Å². The SMILES string of the molecule is N[C@@H](CCSSCC[C@H](N)C(=O)O)C(=O)O.[S].[S]. The van der Waals surface area contributed by atoms with Crippen molar-refractivity contribution in [3.8, 4) is 0 Å². The third-order valence-corrected chi connectivity index (χ3v) is 4.21. The van der Waals surface area contributed by atoms with Gasteiger partial charge in [-0.25, -0.2) is 0 Å². The fourth-order valence-electron chi connectivity index (χ4n) is 0.715. The highest BCUT2D eigenvalue weighted by Gasteiger charge is 2.12. The highest BCUT2D eigenvalue weighted by atomic mass is 33.1. The van der Waals surface area contributed by atoms with Crippen molar-refractivity contribution in [2.75, 3.05) is 11.5 Å². The summed E-state index contributed by atoms with van der Waals surface area (Å²) in [5, 5.41) is 17.0. The van der Waals surface area contributed by atoms with Gasteiger partial charge in [-0.05, 0) is 12.8 Å². The molecule has 0 rings (SSSR count). The van der Waals surface area contributed by atoms with Gasteiger partial charge in [0, 0.05) is 38.5 Å². The van der Waals surface area contributed by atoms with Gasteiger partial charge in [-0.15, -0.1) is 0 Å². The first-order valence-corrected chi connectivity index (χ1v) is 7.15. The smallest absolute Gasteiger partial charge is 0.320 e. The van der Waals surface area contributed by atoms with Crippen molar-refractivity contribution in [1.82, 2.24) is 0 Å². The molecule has 0 aromatic rings. The van der Waals surface area contributed by atoms with Crippen molar-refractivity contribution < 1.29 is 19.8 Å². The molecule has 0 saturated carbocycles. The Hall–Kier alpha value is 0.260. The predicted octanol–water partition coefficient (Wildman–Crippen LogP) is 1.27. The van der Waals surface area contributed by atoms with E-state index in [2.05, 4.69) is 0 Å². The molecular weight excluding hydrogens is 316 g/mol. The van der Waals surface area contributed by atoms with Crippen LogP contribution in [0.25, 0.3) is 0 Å². The molecule has 2 atom stereocenters. The van der Waals surface area contributed by atoms with Gasteiger partial charge < -0.3 is 21.7 Å². The molecule has 0 fully saturated rings. The molecule has 0 aliphatic heterocycles. The van der Waals surface area contributed by atoms with Gasteiger partial charge in [-0.1, -0.05) is 21.6 Å². The summed E-state index contributed by atoms with van der Waals surface area (Å²) in [6.07, 6.45) is 0.802. The molecule has 4 radical (unpaired) electrons. The minimum atomic E-state index is -1.00. The molecule has 0 aromatic carbocycles. The fraction of sp³-hybridized carbons (Fsp3) is 0.750. The van der Waals surface area contributed by atoms with Crippen LogP contribution in [0, 0.1) is 0 Å². The fourth-order valence-corrected chi connectivity index (χ4v) is 2.94. The third-order valence-electron chi connectivity index (χ3n) is 1.74. The van der Waals surface area contributed by atoms with Crippen molar-refractivity contribution in [3.05, 3.63) is 0 Å². The summed E-state index contributed by atoms with van der Waals surface area (Å²) >= 11 is 0. The maximum atomic E-state index is 10.4. The van der Waals surface area contributed by atoms with Gasteiger partial charge in [-0.2, -0.15) is 0 Å². The van der Waals surface area contributed by atoms with E-state index in [0.717, 1.165) is 0 Å². The lowest BCUT2D eigenvalue weighted by molar-refractivity contribution is -0.139. The zero-order valence-electron chi connectivity index (χ0n) is 9.48. The zero-order chi connectivity index (χ0) is 12.6. The molecule has 0 saturated heterocycles. The summed E-state index contributed by atoms with van der Waals surface area (Å²) in [5.74, 6) is -0.752. The minimum absolute atomic E-state index is 0. The number of carboxylic acids is 2. The first kappa shape index (κ1) is 23.4. The molecule has 0 unspecified atom stereocenters. The standard InChI is InChI=1S/C8H16N2O4S2.2S/c9-5(7(11)12)1-3-15-16-4-2-6(10)8(13)14;;/h5-6H,1-4,9-10H2,(H,11,12)(H,13,14);;/t5-,6-;;/m0../s1. The third kappa shape index (κ3) is 12.7. The highest BCUT2D eigenvalue weighted by Crippen LogP contribution is 2.23. The molecule has 18 heavy (non-hydrogen) atoms. The summed E-state index contributed by atoms with van der Waals surface area (Å²) in [4.78, 5) is 20.7. The van der Waals surface area contributed by atoms with Gasteiger partial charge in [0.2, 0.25) is 0 Å². The Morgan fingerprint density at radius 2 is 1.17 bits per heavy atom. The second-order valence-electron chi connectivity index (χ2n) is 3.11. The number of carbonyl (C=O) groups is 2. The number of nitrogens with two attached hydrogens (primary N) is 2. The minimum Gasteiger partial charge on any atom is -0.480 e. The average molecular weight is 332 g/mol. The van der Waals surface area contributed by atoms with Crippen molar-refractivity contribution in [3.63, 3.8) is 0 Å². The summed E-state index contributed by atoms with van der Waals surface area (Å²) in [7, 11) is 2.96. The Bertz CT molecular complexity index is 221. The molecule has 6 nitrogen and oxygen atoms in total. The van der Waals surface area contributed by atoms with E-state index in [1.807, 2.05) is 0 Å². The van der Waals surface area contributed by atoms with E-state index in [4.69, 9.17) is 21.7 Å². The average Bonchev–Trinajstić information content (AvgIpc) is 2.21. The van der Waals surface area contributed by atoms with Crippen LogP contribution >= 0.6 is 48.6 Å². The summed E-state index contributed by atoms with van der Waals surface area (Å²) < 4.78 is 0. The Labute approximate surface area is 128 Å². The van der Waals surface area contributed by atoms with Crippen LogP contribution in [0.5, 0.6) is 0 Å². The van der Waals surface area contributed by atoms with Crippen molar-refractivity contribution >= 4 is 60.5 Å². The van der Waals surface area contributed by atoms with Gasteiger partial charge in [0.05, 0.1) is 0 Å². The Kier molecular flexibility index (Phi) is 17.8. The molecule has 6 N–H and O–H groups in total. The molecule has 0 aliphatic carbocycles. The molecule has 10 heteroatoms. The maximum Gasteiger partial charge on any atom is 0.320 e. The molecule has 0 amide bonds. The normalized spacial score (nSPS) is 12.8. The predicted molar refractivity (Wildman–Crippen MR) is 80.6 cm³/mol. The molecule has 0 heterocycles. The lowest BCUT2D eigenvalue weighted by atomic mass is 10.2. The molecule has 0 spiro atoms. The molecule has 0 bridgehead atoms. The Morgan fingerprint density at radius 1 is 0.889 bits per heavy atom. The maximum absolute atomic E-state index is 10.4. The zero-order valence-corrected chi connectivity index (χ0v) is 12.7. The van der Waals surface area contributed by atoms with Gasteiger partial charge in [0.1, 0.15) is 12.1 Å². The van der Waals surface area contributed by atoms with Crippen LogP contribution in [0.15, 0.2) is 0 Å². The van der Waals surface area contributed by atoms with Crippen LogP contribution in [0.3, 0.4) is 0 Å². The van der Waals surface area contributed by atoms with E-state index in [9.17, 15) is 9.59 Å². The van der Waals surface area contributed by atoms with Crippen molar-refractivity contribution in [1.29, 1.82) is 0 Å². The number of hydrogen-bond donors (Lipinski definition) is 4. The summed E-state index contributed by atoms with van der Waals surface area (Å²) in [5.41, 5.74) is 10.6. The van der Waals surface area contributed by atoms with Crippen LogP contribution in [0.1, 0.15) is 12.8 Å². The van der Waals surface area contributed by atoms with Crippen LogP contribution in [0.4, 0.5) is 0 Å². The van der Waals surface area contributed by atoms with Gasteiger partial charge in [-0.3, -0.25) is 9.59 Å². The van der Waals surface area contributed by atoms with E-state index in [-0.39, 0.29) is 27.0 Å². The van der Waals surface area contributed by atoms with E-state index >= 15 is 0 Å². The first-order valence-electron chi connectivity index (χ1n) is 4.66. The molecular formula is C8H16N2O4S4. The van der Waals surface area contributed by atoms with E-state index in [1.54, 1.807) is 0 Å². The topological polar surface area (TPSA) is 127 Å². The quantitative estimate of drug-likeness (QED) is 0.367. The van der Waals surface area contributed by atoms with Crippen LogP contribution < -0.4 is 11.5 Å². The number of aliphatic carboxylic acids is 2. The number of carboxylic acid groups (broad SMARTS) is 2. The van der Waals surface area contributed by atoms with Gasteiger partial charge >= 0.3 is 11.9 Å². The van der Waals surface area contributed by atoms with Gasteiger partial charge in [0.25, 0.3) is 0 Å². The number of rotatable bonds is 9. The van der Waals surface area contributed by atoms with Crippen molar-refractivity contribution in [2.24, 2.45) is 11.5 Å². The van der Waals surface area contributed by atoms with Crippen molar-refractivity contribution in [2.45, 2.75) is 24.9 Å². The monoisotopic (exact) mass is 332 g/mol. The lowest BCUT2D eigenvalue weighted by Crippen LogP contribution is -2.30. The Morgan fingerprint density at radius 3 is 1.39 bits per heavy atom. The molecule has 106 valence electrons. The van der Waals surface area contributed by atoms with Gasteiger partial charge in [0.15, 0.2) is 0 Å². The van der Waals surface area contributed by atoms with Crippen LogP contribution in [-0.4, -0.2) is 45.7 Å². The number of hydrogen-bond acceptors (Lipinski definition) is 6. The van der Waals surface area contributed by atoms with Crippen LogP contribution in [-0.2, 0) is 9.59 Å². The van der Waals surface area contributed by atoms with Crippen LogP contribution in [0.2, 0.25) is 0 Å². The molecule has 0 aliphatic rings. The highest BCUT2D eigenvalue weighted by molar-refractivity contribution is 8.76. The lowest BCUT2D eigenvalue weighted by Gasteiger charge is -2.06. The van der Waals surface area contributed by atoms with E-state index < -0.39 is 24.0 Å². The second kappa shape index (κ2) is 13.7. The Balaban J connectivity index is -0.00000112.